The van der Waals surface area contributed by atoms with Gasteiger partial charge in [0.2, 0.25) is 0 Å². The molecule has 6 heteroatoms. The van der Waals surface area contributed by atoms with Crippen molar-refractivity contribution in [3.63, 3.8) is 0 Å². The molecule has 116 valence electrons. The third-order valence-corrected chi connectivity index (χ3v) is 4.16. The first kappa shape index (κ1) is 15.1. The second kappa shape index (κ2) is 6.50. The number of aromatic nitrogens is 2. The Hall–Kier alpha value is -1.85. The zero-order chi connectivity index (χ0) is 15.5. The molecule has 3 rings (SSSR count). The van der Waals surface area contributed by atoms with Gasteiger partial charge in [0.25, 0.3) is 5.91 Å². The predicted molar refractivity (Wildman–Crippen MR) is 87.0 cm³/mol. The van der Waals surface area contributed by atoms with Gasteiger partial charge in [-0.2, -0.15) is 5.10 Å². The van der Waals surface area contributed by atoms with Crippen molar-refractivity contribution in [2.75, 3.05) is 13.1 Å². The third kappa shape index (κ3) is 3.15. The summed E-state index contributed by atoms with van der Waals surface area (Å²) >= 11 is 6.25. The summed E-state index contributed by atoms with van der Waals surface area (Å²) in [5, 5.41) is 11.4. The van der Waals surface area contributed by atoms with E-state index in [0.717, 1.165) is 31.5 Å². The van der Waals surface area contributed by atoms with Crippen LogP contribution in [0.1, 0.15) is 23.2 Å². The Morgan fingerprint density at radius 2 is 2.27 bits per heavy atom. The molecule has 1 atom stereocenters. The standard InChI is InChI=1S/C16H19ClN4O/c1-21-10-13(16(22)19-11-5-4-8-18-9-11)15(20-21)12-6-2-3-7-14(12)17/h2-3,6-7,10-11,18H,4-5,8-9H2,1H3,(H,19,22). The first-order valence-corrected chi connectivity index (χ1v) is 7.83. The summed E-state index contributed by atoms with van der Waals surface area (Å²) in [5.41, 5.74) is 1.95. The van der Waals surface area contributed by atoms with E-state index in [1.807, 2.05) is 18.2 Å². The van der Waals surface area contributed by atoms with Crippen LogP contribution in [0.5, 0.6) is 0 Å². The molecule has 2 N–H and O–H groups in total. The summed E-state index contributed by atoms with van der Waals surface area (Å²) in [7, 11) is 1.80. The molecule has 0 bridgehead atoms. The summed E-state index contributed by atoms with van der Waals surface area (Å²) in [6.07, 6.45) is 3.82. The fourth-order valence-electron chi connectivity index (χ4n) is 2.74. The van der Waals surface area contributed by atoms with Gasteiger partial charge in [0.1, 0.15) is 5.69 Å². The second-order valence-corrected chi connectivity index (χ2v) is 5.97. The van der Waals surface area contributed by atoms with Crippen LogP contribution < -0.4 is 10.6 Å². The lowest BCUT2D eigenvalue weighted by Gasteiger charge is -2.23. The summed E-state index contributed by atoms with van der Waals surface area (Å²) in [6.45, 7) is 1.83. The van der Waals surface area contributed by atoms with Gasteiger partial charge in [0.05, 0.1) is 10.6 Å². The number of halogens is 1. The summed E-state index contributed by atoms with van der Waals surface area (Å²) in [6, 6.07) is 7.60. The SMILES string of the molecule is Cn1cc(C(=O)NC2CCCNC2)c(-c2ccccc2Cl)n1. The average Bonchev–Trinajstić information content (AvgIpc) is 2.90. The largest absolute Gasteiger partial charge is 0.348 e. The maximum atomic E-state index is 12.6. The smallest absolute Gasteiger partial charge is 0.255 e. The monoisotopic (exact) mass is 318 g/mol. The Morgan fingerprint density at radius 1 is 1.45 bits per heavy atom. The number of carbonyl (C=O) groups is 1. The number of hydrogen-bond acceptors (Lipinski definition) is 3. The minimum absolute atomic E-state index is 0.100. The molecular weight excluding hydrogens is 300 g/mol. The molecule has 0 radical (unpaired) electrons. The van der Waals surface area contributed by atoms with Crippen LogP contribution in [0.4, 0.5) is 0 Å². The Labute approximate surface area is 134 Å². The maximum Gasteiger partial charge on any atom is 0.255 e. The van der Waals surface area contributed by atoms with Crippen molar-refractivity contribution in [1.29, 1.82) is 0 Å². The highest BCUT2D eigenvalue weighted by molar-refractivity contribution is 6.33. The zero-order valence-corrected chi connectivity index (χ0v) is 13.2. The van der Waals surface area contributed by atoms with Crippen LogP contribution in [0.2, 0.25) is 5.02 Å². The number of piperidine rings is 1. The van der Waals surface area contributed by atoms with Gasteiger partial charge in [0.15, 0.2) is 0 Å². The van der Waals surface area contributed by atoms with Crippen molar-refractivity contribution >= 4 is 17.5 Å². The van der Waals surface area contributed by atoms with E-state index in [-0.39, 0.29) is 11.9 Å². The fraction of sp³-hybridized carbons (Fsp3) is 0.375. The second-order valence-electron chi connectivity index (χ2n) is 5.56. The number of carbonyl (C=O) groups excluding carboxylic acids is 1. The van der Waals surface area contributed by atoms with Crippen LogP contribution in [0.25, 0.3) is 11.3 Å². The van der Waals surface area contributed by atoms with Crippen LogP contribution in [-0.4, -0.2) is 34.8 Å². The van der Waals surface area contributed by atoms with Crippen LogP contribution in [-0.2, 0) is 7.05 Å². The first-order chi connectivity index (χ1) is 10.6. The summed E-state index contributed by atoms with van der Waals surface area (Å²) in [4.78, 5) is 12.6. The third-order valence-electron chi connectivity index (χ3n) is 3.83. The fourth-order valence-corrected chi connectivity index (χ4v) is 2.97. The molecule has 1 amide bonds. The molecule has 0 aliphatic carbocycles. The summed E-state index contributed by atoms with van der Waals surface area (Å²) in [5.74, 6) is -0.100. The van der Waals surface area contributed by atoms with Gasteiger partial charge < -0.3 is 10.6 Å². The van der Waals surface area contributed by atoms with Crippen molar-refractivity contribution in [3.05, 3.63) is 41.0 Å². The molecule has 1 aromatic heterocycles. The Morgan fingerprint density at radius 3 is 3.00 bits per heavy atom. The predicted octanol–water partition coefficient (Wildman–Crippen LogP) is 2.22. The minimum Gasteiger partial charge on any atom is -0.348 e. The molecule has 2 heterocycles. The van der Waals surface area contributed by atoms with E-state index in [1.165, 1.54) is 0 Å². The Kier molecular flexibility index (Phi) is 4.45. The van der Waals surface area contributed by atoms with Gasteiger partial charge in [0, 0.05) is 31.4 Å². The quantitative estimate of drug-likeness (QED) is 0.912. The molecule has 1 aromatic carbocycles. The van der Waals surface area contributed by atoms with Gasteiger partial charge in [-0.05, 0) is 25.5 Å². The van der Waals surface area contributed by atoms with E-state index in [9.17, 15) is 4.79 Å². The van der Waals surface area contributed by atoms with E-state index in [1.54, 1.807) is 24.0 Å². The molecule has 1 unspecified atom stereocenters. The van der Waals surface area contributed by atoms with Crippen molar-refractivity contribution in [3.8, 4) is 11.3 Å². The molecule has 5 nitrogen and oxygen atoms in total. The lowest BCUT2D eigenvalue weighted by molar-refractivity contribution is 0.0931. The highest BCUT2D eigenvalue weighted by atomic mass is 35.5. The van der Waals surface area contributed by atoms with Crippen molar-refractivity contribution in [2.45, 2.75) is 18.9 Å². The summed E-state index contributed by atoms with van der Waals surface area (Å²) < 4.78 is 1.65. The molecule has 0 saturated carbocycles. The Balaban J connectivity index is 1.87. The maximum absolute atomic E-state index is 12.6. The number of rotatable bonds is 3. The number of nitrogens with one attached hydrogen (secondary N) is 2. The Bertz CT molecular complexity index is 677. The van der Waals surface area contributed by atoms with Crippen molar-refractivity contribution in [2.24, 2.45) is 7.05 Å². The molecule has 1 aliphatic heterocycles. The van der Waals surface area contributed by atoms with Gasteiger partial charge in [-0.15, -0.1) is 0 Å². The van der Waals surface area contributed by atoms with E-state index < -0.39 is 0 Å². The van der Waals surface area contributed by atoms with E-state index in [2.05, 4.69) is 15.7 Å². The number of hydrogen-bond donors (Lipinski definition) is 2. The lowest BCUT2D eigenvalue weighted by Crippen LogP contribution is -2.45. The van der Waals surface area contributed by atoms with Crippen LogP contribution in [0, 0.1) is 0 Å². The molecular formula is C16H19ClN4O. The normalized spacial score (nSPS) is 18.2. The van der Waals surface area contributed by atoms with Crippen molar-refractivity contribution in [1.82, 2.24) is 20.4 Å². The van der Waals surface area contributed by atoms with E-state index in [0.29, 0.717) is 16.3 Å². The average molecular weight is 319 g/mol. The molecule has 0 spiro atoms. The topological polar surface area (TPSA) is 59.0 Å². The number of aryl methyl sites for hydroxylation is 1. The zero-order valence-electron chi connectivity index (χ0n) is 12.5. The van der Waals surface area contributed by atoms with Gasteiger partial charge in [-0.25, -0.2) is 0 Å². The number of amides is 1. The van der Waals surface area contributed by atoms with E-state index >= 15 is 0 Å². The minimum atomic E-state index is -0.100. The highest BCUT2D eigenvalue weighted by Crippen LogP contribution is 2.29. The highest BCUT2D eigenvalue weighted by Gasteiger charge is 2.22. The number of benzene rings is 1. The van der Waals surface area contributed by atoms with E-state index in [4.69, 9.17) is 11.6 Å². The molecule has 22 heavy (non-hydrogen) atoms. The van der Waals surface area contributed by atoms with Crippen LogP contribution >= 0.6 is 11.6 Å². The lowest BCUT2D eigenvalue weighted by atomic mass is 10.1. The molecule has 1 fully saturated rings. The first-order valence-electron chi connectivity index (χ1n) is 7.45. The molecule has 2 aromatic rings. The van der Waals surface area contributed by atoms with Crippen LogP contribution in [0.15, 0.2) is 30.5 Å². The van der Waals surface area contributed by atoms with Gasteiger partial charge in [-0.1, -0.05) is 29.8 Å². The molecule has 1 saturated heterocycles. The van der Waals surface area contributed by atoms with Crippen LogP contribution in [0.3, 0.4) is 0 Å². The van der Waals surface area contributed by atoms with Gasteiger partial charge >= 0.3 is 0 Å². The van der Waals surface area contributed by atoms with Crippen molar-refractivity contribution < 1.29 is 4.79 Å². The number of nitrogens with zero attached hydrogens (tertiary/aromatic N) is 2. The molecule has 1 aliphatic rings. The van der Waals surface area contributed by atoms with Gasteiger partial charge in [-0.3, -0.25) is 9.48 Å².